The molecule has 6 heteroatoms. The molecule has 0 saturated carbocycles. The van der Waals surface area contributed by atoms with Gasteiger partial charge in [0.1, 0.15) is 0 Å². The van der Waals surface area contributed by atoms with E-state index in [0.29, 0.717) is 32.6 Å². The van der Waals surface area contributed by atoms with Gasteiger partial charge in [-0.1, -0.05) is 34.4 Å². The third-order valence-corrected chi connectivity index (χ3v) is 3.32. The van der Waals surface area contributed by atoms with Crippen molar-refractivity contribution in [1.82, 2.24) is 5.16 Å². The third-order valence-electron chi connectivity index (χ3n) is 2.69. The summed E-state index contributed by atoms with van der Waals surface area (Å²) >= 11 is 12.4. The standard InChI is InChI=1S/C13H8Cl2N2O2/c14-7-3-1-4-8(15)10(7)11-12(17-19-13(11)16)9-5-2-6-18-9/h1-6H,16H2. The van der Waals surface area contributed by atoms with E-state index in [2.05, 4.69) is 5.16 Å². The summed E-state index contributed by atoms with van der Waals surface area (Å²) in [5.41, 5.74) is 7.41. The van der Waals surface area contributed by atoms with Gasteiger partial charge in [-0.05, 0) is 24.3 Å². The molecule has 2 heterocycles. The van der Waals surface area contributed by atoms with Gasteiger partial charge in [-0.25, -0.2) is 0 Å². The van der Waals surface area contributed by atoms with Crippen LogP contribution in [0.15, 0.2) is 45.5 Å². The van der Waals surface area contributed by atoms with Crippen molar-refractivity contribution in [1.29, 1.82) is 0 Å². The molecule has 2 aromatic heterocycles. The second kappa shape index (κ2) is 4.64. The van der Waals surface area contributed by atoms with Crippen LogP contribution in [0.3, 0.4) is 0 Å². The Labute approximate surface area is 118 Å². The van der Waals surface area contributed by atoms with E-state index in [1.165, 1.54) is 6.26 Å². The molecule has 0 atom stereocenters. The molecule has 0 radical (unpaired) electrons. The maximum Gasteiger partial charge on any atom is 0.230 e. The zero-order valence-corrected chi connectivity index (χ0v) is 11.1. The molecule has 0 bridgehead atoms. The highest BCUT2D eigenvalue weighted by Gasteiger charge is 2.23. The van der Waals surface area contributed by atoms with Gasteiger partial charge in [-0.15, -0.1) is 0 Å². The summed E-state index contributed by atoms with van der Waals surface area (Å²) in [6, 6.07) is 8.70. The maximum absolute atomic E-state index is 6.19. The highest BCUT2D eigenvalue weighted by atomic mass is 35.5. The van der Waals surface area contributed by atoms with Gasteiger partial charge < -0.3 is 14.7 Å². The molecular weight excluding hydrogens is 287 g/mol. The van der Waals surface area contributed by atoms with E-state index in [9.17, 15) is 0 Å². The highest BCUT2D eigenvalue weighted by molar-refractivity contribution is 6.39. The molecule has 0 fully saturated rings. The Morgan fingerprint density at radius 2 is 1.74 bits per heavy atom. The third kappa shape index (κ3) is 1.99. The van der Waals surface area contributed by atoms with Crippen molar-refractivity contribution in [2.45, 2.75) is 0 Å². The van der Waals surface area contributed by atoms with Crippen LogP contribution in [0, 0.1) is 0 Å². The Morgan fingerprint density at radius 1 is 1.00 bits per heavy atom. The molecule has 1 aromatic carbocycles. The second-order valence-electron chi connectivity index (χ2n) is 3.84. The molecule has 0 unspecified atom stereocenters. The van der Waals surface area contributed by atoms with Gasteiger partial charge in [0.15, 0.2) is 11.5 Å². The first-order valence-electron chi connectivity index (χ1n) is 5.42. The first kappa shape index (κ1) is 12.1. The Kier molecular flexibility index (Phi) is 2.97. The summed E-state index contributed by atoms with van der Waals surface area (Å²) in [4.78, 5) is 0. The van der Waals surface area contributed by atoms with Crippen molar-refractivity contribution in [3.05, 3.63) is 46.6 Å². The van der Waals surface area contributed by atoms with Crippen LogP contribution in [-0.2, 0) is 0 Å². The number of nitrogens with zero attached hydrogens (tertiary/aromatic N) is 1. The first-order valence-corrected chi connectivity index (χ1v) is 6.17. The van der Waals surface area contributed by atoms with Gasteiger partial charge >= 0.3 is 0 Å². The average molecular weight is 295 g/mol. The number of hydrogen-bond donors (Lipinski definition) is 1. The molecule has 96 valence electrons. The van der Waals surface area contributed by atoms with Crippen LogP contribution in [0.5, 0.6) is 0 Å². The topological polar surface area (TPSA) is 65.2 Å². The minimum absolute atomic E-state index is 0.140. The molecule has 0 spiro atoms. The van der Waals surface area contributed by atoms with Gasteiger partial charge in [0.25, 0.3) is 0 Å². The van der Waals surface area contributed by atoms with E-state index in [0.717, 1.165) is 0 Å². The lowest BCUT2D eigenvalue weighted by Crippen LogP contribution is -1.89. The van der Waals surface area contributed by atoms with E-state index < -0.39 is 0 Å². The molecule has 3 aromatic rings. The zero-order valence-electron chi connectivity index (χ0n) is 9.56. The van der Waals surface area contributed by atoms with E-state index >= 15 is 0 Å². The van der Waals surface area contributed by atoms with Crippen LogP contribution in [-0.4, -0.2) is 5.16 Å². The molecule has 0 aliphatic heterocycles. The van der Waals surface area contributed by atoms with E-state index in [-0.39, 0.29) is 5.88 Å². The molecule has 19 heavy (non-hydrogen) atoms. The van der Waals surface area contributed by atoms with Gasteiger partial charge in [0.05, 0.1) is 21.9 Å². The van der Waals surface area contributed by atoms with Crippen molar-refractivity contribution in [3.63, 3.8) is 0 Å². The minimum Gasteiger partial charge on any atom is -0.463 e. The molecule has 0 amide bonds. The van der Waals surface area contributed by atoms with Crippen LogP contribution in [0.4, 0.5) is 5.88 Å². The van der Waals surface area contributed by atoms with E-state index in [4.69, 9.17) is 37.9 Å². The monoisotopic (exact) mass is 294 g/mol. The molecule has 0 aliphatic carbocycles. The fourth-order valence-electron chi connectivity index (χ4n) is 1.86. The molecule has 2 N–H and O–H groups in total. The van der Waals surface area contributed by atoms with Crippen LogP contribution in [0.1, 0.15) is 0 Å². The number of aromatic nitrogens is 1. The predicted molar refractivity (Wildman–Crippen MR) is 74.1 cm³/mol. The van der Waals surface area contributed by atoms with Gasteiger partial charge in [-0.2, -0.15) is 0 Å². The van der Waals surface area contributed by atoms with Crippen LogP contribution in [0.25, 0.3) is 22.6 Å². The van der Waals surface area contributed by atoms with E-state index in [1.54, 1.807) is 30.3 Å². The second-order valence-corrected chi connectivity index (χ2v) is 4.66. The SMILES string of the molecule is Nc1onc(-c2ccco2)c1-c1c(Cl)cccc1Cl. The van der Waals surface area contributed by atoms with Crippen LogP contribution >= 0.6 is 23.2 Å². The van der Waals surface area contributed by atoms with Crippen molar-refractivity contribution >= 4 is 29.1 Å². The fourth-order valence-corrected chi connectivity index (χ4v) is 2.45. The lowest BCUT2D eigenvalue weighted by atomic mass is 10.0. The molecule has 0 aliphatic rings. The van der Waals surface area contributed by atoms with Crippen molar-refractivity contribution < 1.29 is 8.94 Å². The lowest BCUT2D eigenvalue weighted by molar-refractivity contribution is 0.436. The number of nitrogens with two attached hydrogens (primary N) is 1. The summed E-state index contributed by atoms with van der Waals surface area (Å²) in [6.45, 7) is 0. The van der Waals surface area contributed by atoms with E-state index in [1.807, 2.05) is 0 Å². The molecule has 4 nitrogen and oxygen atoms in total. The quantitative estimate of drug-likeness (QED) is 0.756. The van der Waals surface area contributed by atoms with Gasteiger partial charge in [0, 0.05) is 5.56 Å². The summed E-state index contributed by atoms with van der Waals surface area (Å²) in [5, 5.41) is 4.84. The zero-order chi connectivity index (χ0) is 13.4. The smallest absolute Gasteiger partial charge is 0.230 e. The maximum atomic E-state index is 6.19. The summed E-state index contributed by atoms with van der Waals surface area (Å²) in [6.07, 6.45) is 1.54. The summed E-state index contributed by atoms with van der Waals surface area (Å²) in [7, 11) is 0. The number of anilines is 1. The number of nitrogen functional groups attached to an aromatic ring is 1. The van der Waals surface area contributed by atoms with Gasteiger partial charge in [-0.3, -0.25) is 0 Å². The largest absolute Gasteiger partial charge is 0.463 e. The summed E-state index contributed by atoms with van der Waals surface area (Å²) < 4.78 is 10.3. The number of rotatable bonds is 2. The van der Waals surface area contributed by atoms with Crippen molar-refractivity contribution in [2.75, 3.05) is 5.73 Å². The number of furan rings is 1. The Balaban J connectivity index is 2.29. The number of halogens is 2. The Morgan fingerprint density at radius 3 is 2.37 bits per heavy atom. The number of hydrogen-bond acceptors (Lipinski definition) is 4. The van der Waals surface area contributed by atoms with Crippen molar-refractivity contribution in [3.8, 4) is 22.6 Å². The van der Waals surface area contributed by atoms with Crippen LogP contribution < -0.4 is 5.73 Å². The minimum atomic E-state index is 0.140. The predicted octanol–water partition coefficient (Wildman–Crippen LogP) is 4.49. The molecule has 3 rings (SSSR count). The highest BCUT2D eigenvalue weighted by Crippen LogP contribution is 2.43. The Bertz CT molecular complexity index is 700. The fraction of sp³-hybridized carbons (Fsp3) is 0. The molecular formula is C13H8Cl2N2O2. The average Bonchev–Trinajstić information content (AvgIpc) is 2.99. The normalized spacial score (nSPS) is 10.8. The first-order chi connectivity index (χ1) is 9.18. The van der Waals surface area contributed by atoms with Gasteiger partial charge in [0.2, 0.25) is 5.88 Å². The lowest BCUT2D eigenvalue weighted by Gasteiger charge is -2.06. The van der Waals surface area contributed by atoms with Crippen LogP contribution in [0.2, 0.25) is 10.0 Å². The van der Waals surface area contributed by atoms with Crippen molar-refractivity contribution in [2.24, 2.45) is 0 Å². The molecule has 0 saturated heterocycles. The number of benzene rings is 1. The summed E-state index contributed by atoms with van der Waals surface area (Å²) in [5.74, 6) is 0.674. The Hall–Kier alpha value is -1.91.